The highest BCUT2D eigenvalue weighted by molar-refractivity contribution is 5.29. The lowest BCUT2D eigenvalue weighted by Gasteiger charge is -2.27. The van der Waals surface area contributed by atoms with E-state index in [4.69, 9.17) is 4.74 Å². The van der Waals surface area contributed by atoms with Crippen LogP contribution in [0, 0.1) is 5.92 Å². The third kappa shape index (κ3) is 4.31. The number of aliphatic hydroxyl groups is 1. The van der Waals surface area contributed by atoms with Crippen molar-refractivity contribution in [2.24, 2.45) is 5.92 Å². The summed E-state index contributed by atoms with van der Waals surface area (Å²) in [7, 11) is 3.72. The Morgan fingerprint density at radius 3 is 2.28 bits per heavy atom. The Labute approximate surface area is 110 Å². The molecule has 0 aliphatic rings. The predicted molar refractivity (Wildman–Crippen MR) is 74.9 cm³/mol. The molecule has 1 atom stereocenters. The summed E-state index contributed by atoms with van der Waals surface area (Å²) in [6.45, 7) is 5.57. The van der Waals surface area contributed by atoms with Crippen LogP contribution in [0.5, 0.6) is 5.75 Å². The molecule has 1 aromatic carbocycles. The van der Waals surface area contributed by atoms with Crippen molar-refractivity contribution in [2.45, 2.75) is 26.3 Å². The summed E-state index contributed by atoms with van der Waals surface area (Å²) in [5.41, 5.74) is 1.13. The van der Waals surface area contributed by atoms with Crippen LogP contribution in [0.2, 0.25) is 0 Å². The van der Waals surface area contributed by atoms with Crippen LogP contribution in [0.3, 0.4) is 0 Å². The Morgan fingerprint density at radius 2 is 1.83 bits per heavy atom. The van der Waals surface area contributed by atoms with Gasteiger partial charge in [0, 0.05) is 0 Å². The zero-order valence-corrected chi connectivity index (χ0v) is 11.9. The van der Waals surface area contributed by atoms with Gasteiger partial charge in [-0.3, -0.25) is 4.90 Å². The van der Waals surface area contributed by atoms with Gasteiger partial charge in [-0.15, -0.1) is 0 Å². The van der Waals surface area contributed by atoms with Gasteiger partial charge in [-0.1, -0.05) is 26.0 Å². The molecule has 1 N–H and O–H groups in total. The first-order chi connectivity index (χ1) is 8.58. The second-order valence-corrected chi connectivity index (χ2v) is 5.13. The van der Waals surface area contributed by atoms with E-state index < -0.39 is 0 Å². The summed E-state index contributed by atoms with van der Waals surface area (Å²) in [5, 5.41) is 9.57. The van der Waals surface area contributed by atoms with E-state index in [0.29, 0.717) is 5.92 Å². The average molecular weight is 251 g/mol. The first kappa shape index (κ1) is 15.0. The molecule has 3 heteroatoms. The monoisotopic (exact) mass is 251 g/mol. The fourth-order valence-corrected chi connectivity index (χ4v) is 1.94. The summed E-state index contributed by atoms with van der Waals surface area (Å²) in [6, 6.07) is 7.98. The minimum absolute atomic E-state index is 0.0645. The van der Waals surface area contributed by atoms with E-state index >= 15 is 0 Å². The van der Waals surface area contributed by atoms with Crippen LogP contribution < -0.4 is 4.74 Å². The first-order valence-electron chi connectivity index (χ1n) is 6.53. The SMILES string of the molecule is COc1ccc(C(CO)N(C)CCC(C)C)cc1. The number of nitrogens with zero attached hydrogens (tertiary/aromatic N) is 1. The van der Waals surface area contributed by atoms with Gasteiger partial charge in [0.25, 0.3) is 0 Å². The Morgan fingerprint density at radius 1 is 1.22 bits per heavy atom. The van der Waals surface area contributed by atoms with Gasteiger partial charge in [0.2, 0.25) is 0 Å². The zero-order chi connectivity index (χ0) is 13.5. The molecule has 0 aliphatic carbocycles. The summed E-state index contributed by atoms with van der Waals surface area (Å²) < 4.78 is 5.15. The molecule has 0 amide bonds. The number of aliphatic hydroxyl groups excluding tert-OH is 1. The van der Waals surface area contributed by atoms with Crippen molar-refractivity contribution >= 4 is 0 Å². The van der Waals surface area contributed by atoms with Gasteiger partial charge in [-0.05, 0) is 43.6 Å². The zero-order valence-electron chi connectivity index (χ0n) is 11.9. The van der Waals surface area contributed by atoms with E-state index in [-0.39, 0.29) is 12.6 Å². The van der Waals surface area contributed by atoms with Gasteiger partial charge in [0.15, 0.2) is 0 Å². The standard InChI is InChI=1S/C15H25NO2/c1-12(2)9-10-16(3)15(11-17)13-5-7-14(18-4)8-6-13/h5-8,12,15,17H,9-11H2,1-4H3. The van der Waals surface area contributed by atoms with Crippen molar-refractivity contribution in [3.63, 3.8) is 0 Å². The van der Waals surface area contributed by atoms with Gasteiger partial charge in [0.05, 0.1) is 19.8 Å². The molecule has 0 fully saturated rings. The van der Waals surface area contributed by atoms with E-state index in [1.165, 1.54) is 0 Å². The molecular formula is C15H25NO2. The molecule has 18 heavy (non-hydrogen) atoms. The maximum atomic E-state index is 9.57. The van der Waals surface area contributed by atoms with Crippen LogP contribution in [-0.4, -0.2) is 37.3 Å². The van der Waals surface area contributed by atoms with Crippen LogP contribution in [0.1, 0.15) is 31.9 Å². The third-order valence-corrected chi connectivity index (χ3v) is 3.26. The number of hydrogen-bond acceptors (Lipinski definition) is 3. The highest BCUT2D eigenvalue weighted by Crippen LogP contribution is 2.22. The summed E-state index contributed by atoms with van der Waals surface area (Å²) in [5.74, 6) is 1.53. The van der Waals surface area contributed by atoms with Crippen molar-refractivity contribution in [3.05, 3.63) is 29.8 Å². The number of benzene rings is 1. The van der Waals surface area contributed by atoms with Crippen molar-refractivity contribution in [3.8, 4) is 5.75 Å². The minimum atomic E-state index is 0.0645. The van der Waals surface area contributed by atoms with Gasteiger partial charge in [-0.2, -0.15) is 0 Å². The largest absolute Gasteiger partial charge is 0.497 e. The van der Waals surface area contributed by atoms with E-state index in [0.717, 1.165) is 24.3 Å². The Kier molecular flexibility index (Phi) is 6.16. The Balaban J connectivity index is 2.68. The van der Waals surface area contributed by atoms with Crippen molar-refractivity contribution < 1.29 is 9.84 Å². The fraction of sp³-hybridized carbons (Fsp3) is 0.600. The smallest absolute Gasteiger partial charge is 0.118 e. The molecule has 0 saturated heterocycles. The summed E-state index contributed by atoms with van der Waals surface area (Å²) in [4.78, 5) is 2.21. The number of hydrogen-bond donors (Lipinski definition) is 1. The second kappa shape index (κ2) is 7.39. The van der Waals surface area contributed by atoms with Crippen LogP contribution >= 0.6 is 0 Å². The van der Waals surface area contributed by atoms with E-state index in [9.17, 15) is 5.11 Å². The van der Waals surface area contributed by atoms with E-state index in [1.54, 1.807) is 7.11 Å². The molecule has 0 spiro atoms. The van der Waals surface area contributed by atoms with Gasteiger partial charge in [0.1, 0.15) is 5.75 Å². The quantitative estimate of drug-likeness (QED) is 0.808. The lowest BCUT2D eigenvalue weighted by molar-refractivity contribution is 0.143. The van der Waals surface area contributed by atoms with Gasteiger partial charge >= 0.3 is 0 Å². The summed E-state index contributed by atoms with van der Waals surface area (Å²) in [6.07, 6.45) is 1.14. The van der Waals surface area contributed by atoms with Crippen LogP contribution in [0.15, 0.2) is 24.3 Å². The molecule has 0 saturated carbocycles. The highest BCUT2D eigenvalue weighted by Gasteiger charge is 2.16. The van der Waals surface area contributed by atoms with Crippen molar-refractivity contribution in [2.75, 3.05) is 27.3 Å². The summed E-state index contributed by atoms with van der Waals surface area (Å²) >= 11 is 0. The second-order valence-electron chi connectivity index (χ2n) is 5.13. The van der Waals surface area contributed by atoms with Gasteiger partial charge in [-0.25, -0.2) is 0 Å². The van der Waals surface area contributed by atoms with Crippen LogP contribution in [-0.2, 0) is 0 Å². The van der Waals surface area contributed by atoms with E-state index in [1.807, 2.05) is 24.3 Å². The molecule has 1 aromatic rings. The normalized spacial score (nSPS) is 13.1. The molecule has 0 bridgehead atoms. The highest BCUT2D eigenvalue weighted by atomic mass is 16.5. The number of methoxy groups -OCH3 is 1. The fourth-order valence-electron chi connectivity index (χ4n) is 1.94. The molecule has 0 heterocycles. The lowest BCUT2D eigenvalue weighted by atomic mass is 10.0. The van der Waals surface area contributed by atoms with E-state index in [2.05, 4.69) is 25.8 Å². The first-order valence-corrected chi connectivity index (χ1v) is 6.53. The predicted octanol–water partition coefficient (Wildman–Crippen LogP) is 2.71. The Hall–Kier alpha value is -1.06. The number of rotatable bonds is 7. The molecule has 3 nitrogen and oxygen atoms in total. The molecule has 0 aliphatic heterocycles. The molecule has 102 valence electrons. The Bertz CT molecular complexity index is 335. The maximum Gasteiger partial charge on any atom is 0.118 e. The molecule has 0 radical (unpaired) electrons. The van der Waals surface area contributed by atoms with Crippen molar-refractivity contribution in [1.82, 2.24) is 4.90 Å². The van der Waals surface area contributed by atoms with Crippen LogP contribution in [0.4, 0.5) is 0 Å². The number of likely N-dealkylation sites (N-methyl/N-ethyl adjacent to an activating group) is 1. The van der Waals surface area contributed by atoms with Gasteiger partial charge < -0.3 is 9.84 Å². The average Bonchev–Trinajstić information content (AvgIpc) is 2.38. The minimum Gasteiger partial charge on any atom is -0.497 e. The van der Waals surface area contributed by atoms with Crippen LogP contribution in [0.25, 0.3) is 0 Å². The molecule has 0 aromatic heterocycles. The number of ether oxygens (including phenoxy) is 1. The van der Waals surface area contributed by atoms with Crippen molar-refractivity contribution in [1.29, 1.82) is 0 Å². The third-order valence-electron chi connectivity index (χ3n) is 3.26. The lowest BCUT2D eigenvalue weighted by Crippen LogP contribution is -2.29. The molecular weight excluding hydrogens is 226 g/mol. The topological polar surface area (TPSA) is 32.7 Å². The molecule has 1 unspecified atom stereocenters. The maximum absolute atomic E-state index is 9.57. The molecule has 1 rings (SSSR count).